The highest BCUT2D eigenvalue weighted by molar-refractivity contribution is 5.83. The van der Waals surface area contributed by atoms with E-state index in [9.17, 15) is 9.18 Å². The van der Waals surface area contributed by atoms with Gasteiger partial charge >= 0.3 is 0 Å². The van der Waals surface area contributed by atoms with Crippen molar-refractivity contribution in [2.45, 2.75) is 38.3 Å². The Kier molecular flexibility index (Phi) is 5.25. The van der Waals surface area contributed by atoms with Crippen molar-refractivity contribution >= 4 is 11.5 Å². The zero-order valence-electron chi connectivity index (χ0n) is 16.4. The van der Waals surface area contributed by atoms with Gasteiger partial charge in [-0.15, -0.1) is 0 Å². The van der Waals surface area contributed by atoms with Crippen LogP contribution in [-0.4, -0.2) is 38.3 Å². The normalized spacial score (nSPS) is 18.3. The molecular formula is C23H26FNO3. The summed E-state index contributed by atoms with van der Waals surface area (Å²) >= 11 is 0. The summed E-state index contributed by atoms with van der Waals surface area (Å²) in [5.74, 6) is 1.84. The average molecular weight is 383 g/mol. The van der Waals surface area contributed by atoms with Crippen molar-refractivity contribution in [3.8, 4) is 11.5 Å². The van der Waals surface area contributed by atoms with Crippen LogP contribution in [-0.2, 0) is 4.79 Å². The second-order valence-electron chi connectivity index (χ2n) is 7.78. The van der Waals surface area contributed by atoms with E-state index in [1.807, 2.05) is 13.0 Å². The lowest BCUT2D eigenvalue weighted by molar-refractivity contribution is -0.123. The number of rotatable bonds is 6. The van der Waals surface area contributed by atoms with Gasteiger partial charge in [-0.1, -0.05) is 31.2 Å². The molecule has 0 radical (unpaired) electrons. The van der Waals surface area contributed by atoms with E-state index in [-0.39, 0.29) is 18.1 Å². The maximum atomic E-state index is 13.1. The smallest absolute Gasteiger partial charge is 0.167 e. The Morgan fingerprint density at radius 1 is 1.07 bits per heavy atom. The molecule has 1 unspecified atom stereocenters. The van der Waals surface area contributed by atoms with E-state index in [1.165, 1.54) is 12.5 Å². The molecular weight excluding hydrogens is 357 g/mol. The summed E-state index contributed by atoms with van der Waals surface area (Å²) in [6.45, 7) is 6.41. The molecule has 0 saturated carbocycles. The van der Waals surface area contributed by atoms with Crippen molar-refractivity contribution in [1.82, 2.24) is 0 Å². The Hall–Kier alpha value is -2.56. The molecule has 2 aliphatic rings. The minimum Gasteiger partial charge on any atom is -0.486 e. The van der Waals surface area contributed by atoms with E-state index in [1.54, 1.807) is 0 Å². The summed E-state index contributed by atoms with van der Waals surface area (Å²) in [5.41, 5.74) is 3.54. The third kappa shape index (κ3) is 3.84. The van der Waals surface area contributed by atoms with Crippen LogP contribution < -0.4 is 14.4 Å². The van der Waals surface area contributed by atoms with Crippen molar-refractivity contribution in [3.05, 3.63) is 53.6 Å². The molecule has 0 aromatic heterocycles. The number of ketones is 1. The van der Waals surface area contributed by atoms with Gasteiger partial charge in [0.25, 0.3) is 0 Å². The fourth-order valence-electron chi connectivity index (χ4n) is 3.81. The number of hydrogen-bond donors (Lipinski definition) is 0. The first-order valence-electron chi connectivity index (χ1n) is 9.92. The quantitative estimate of drug-likeness (QED) is 0.737. The molecule has 2 aliphatic heterocycles. The van der Waals surface area contributed by atoms with Crippen LogP contribution in [0.25, 0.3) is 0 Å². The first kappa shape index (κ1) is 18.8. The number of carbonyl (C=O) groups excluding carboxylic acids is 1. The Morgan fingerprint density at radius 2 is 1.75 bits per heavy atom. The second-order valence-corrected chi connectivity index (χ2v) is 7.78. The molecule has 2 atom stereocenters. The number of anilines is 1. The van der Waals surface area contributed by atoms with Crippen LogP contribution in [0.2, 0.25) is 0 Å². The molecule has 0 aliphatic carbocycles. The average Bonchev–Trinajstić information content (AvgIpc) is 2.67. The van der Waals surface area contributed by atoms with Gasteiger partial charge in [0.05, 0.1) is 0 Å². The predicted molar refractivity (Wildman–Crippen MR) is 107 cm³/mol. The standard InChI is InChI=1S/C23H26FNO3/c1-15(11-21(26)16(2)24)17-3-5-18(6-4-17)19-13-25(14-19)20-7-8-22-23(12-20)28-10-9-27-22/h3-8,12,15-16,19H,9-11,13-14H2,1-2H3/t15-,16?/m1/s1. The Balaban J connectivity index is 1.35. The van der Waals surface area contributed by atoms with Crippen LogP contribution in [0.1, 0.15) is 43.2 Å². The molecule has 28 heavy (non-hydrogen) atoms. The Bertz CT molecular complexity index is 843. The Labute approximate surface area is 165 Å². The molecule has 0 N–H and O–H groups in total. The van der Waals surface area contributed by atoms with Crippen molar-refractivity contribution in [2.24, 2.45) is 0 Å². The van der Waals surface area contributed by atoms with Gasteiger partial charge in [0.1, 0.15) is 13.2 Å². The van der Waals surface area contributed by atoms with E-state index >= 15 is 0 Å². The first-order chi connectivity index (χ1) is 13.5. The summed E-state index contributed by atoms with van der Waals surface area (Å²) < 4.78 is 24.4. The van der Waals surface area contributed by atoms with Crippen molar-refractivity contribution in [2.75, 3.05) is 31.2 Å². The number of nitrogens with zero attached hydrogens (tertiary/aromatic N) is 1. The first-order valence-corrected chi connectivity index (χ1v) is 9.92. The molecule has 0 amide bonds. The molecule has 2 aromatic rings. The molecule has 4 rings (SSSR count). The van der Waals surface area contributed by atoms with Gasteiger partial charge in [0.15, 0.2) is 23.5 Å². The summed E-state index contributed by atoms with van der Waals surface area (Å²) in [7, 11) is 0. The zero-order chi connectivity index (χ0) is 19.7. The van der Waals surface area contributed by atoms with Gasteiger partial charge in [-0.3, -0.25) is 4.79 Å². The highest BCUT2D eigenvalue weighted by atomic mass is 19.1. The number of fused-ring (bicyclic) bond motifs is 1. The highest BCUT2D eigenvalue weighted by Gasteiger charge is 2.29. The van der Waals surface area contributed by atoms with E-state index in [0.717, 1.165) is 35.8 Å². The van der Waals surface area contributed by atoms with E-state index in [4.69, 9.17) is 9.47 Å². The maximum Gasteiger partial charge on any atom is 0.167 e. The third-order valence-corrected chi connectivity index (χ3v) is 5.70. The largest absolute Gasteiger partial charge is 0.486 e. The van der Waals surface area contributed by atoms with Crippen molar-refractivity contribution in [1.29, 1.82) is 0 Å². The van der Waals surface area contributed by atoms with Gasteiger partial charge in [-0.25, -0.2) is 4.39 Å². The van der Waals surface area contributed by atoms with Crippen LogP contribution in [0.4, 0.5) is 10.1 Å². The van der Waals surface area contributed by atoms with Crippen molar-refractivity contribution in [3.63, 3.8) is 0 Å². The van der Waals surface area contributed by atoms with E-state index in [0.29, 0.717) is 19.1 Å². The van der Waals surface area contributed by atoms with Gasteiger partial charge in [-0.2, -0.15) is 0 Å². The molecule has 4 nitrogen and oxygen atoms in total. The van der Waals surface area contributed by atoms with Gasteiger partial charge in [0.2, 0.25) is 0 Å². The number of ether oxygens (including phenoxy) is 2. The van der Waals surface area contributed by atoms with Crippen molar-refractivity contribution < 1.29 is 18.7 Å². The van der Waals surface area contributed by atoms with Crippen LogP contribution in [0, 0.1) is 0 Å². The van der Waals surface area contributed by atoms with Gasteiger partial charge < -0.3 is 14.4 Å². The topological polar surface area (TPSA) is 38.8 Å². The number of carbonyl (C=O) groups is 1. The van der Waals surface area contributed by atoms with Gasteiger partial charge in [-0.05, 0) is 36.1 Å². The fourth-order valence-corrected chi connectivity index (χ4v) is 3.81. The van der Waals surface area contributed by atoms with E-state index < -0.39 is 6.17 Å². The zero-order valence-corrected chi connectivity index (χ0v) is 16.4. The fraction of sp³-hybridized carbons (Fsp3) is 0.435. The minimum absolute atomic E-state index is 0.0374. The molecule has 1 fully saturated rings. The molecule has 2 aromatic carbocycles. The summed E-state index contributed by atoms with van der Waals surface area (Å²) in [6, 6.07) is 14.5. The molecule has 5 heteroatoms. The second kappa shape index (κ2) is 7.82. The number of benzene rings is 2. The summed E-state index contributed by atoms with van der Waals surface area (Å²) in [4.78, 5) is 14.0. The summed E-state index contributed by atoms with van der Waals surface area (Å²) in [5, 5.41) is 0. The summed E-state index contributed by atoms with van der Waals surface area (Å²) in [6.07, 6.45) is -1.14. The number of Topliss-reactive ketones (excluding diaryl/α,β-unsaturated/α-hetero) is 1. The lowest BCUT2D eigenvalue weighted by Crippen LogP contribution is -2.45. The maximum absolute atomic E-state index is 13.1. The number of halogens is 1. The van der Waals surface area contributed by atoms with Crippen LogP contribution in [0.3, 0.4) is 0 Å². The minimum atomic E-state index is -1.39. The van der Waals surface area contributed by atoms with Crippen LogP contribution >= 0.6 is 0 Å². The monoisotopic (exact) mass is 383 g/mol. The van der Waals surface area contributed by atoms with Crippen LogP contribution in [0.15, 0.2) is 42.5 Å². The third-order valence-electron chi connectivity index (χ3n) is 5.70. The molecule has 1 saturated heterocycles. The SMILES string of the molecule is CC(F)C(=O)C[C@@H](C)c1ccc(C2CN(c3ccc4c(c3)OCCO4)C2)cc1. The molecule has 0 spiro atoms. The number of hydrogen-bond acceptors (Lipinski definition) is 4. The predicted octanol–water partition coefficient (Wildman–Crippen LogP) is 4.48. The van der Waals surface area contributed by atoms with Gasteiger partial charge in [0, 0.05) is 37.2 Å². The Morgan fingerprint density at radius 3 is 2.43 bits per heavy atom. The molecule has 2 heterocycles. The molecule has 0 bridgehead atoms. The van der Waals surface area contributed by atoms with E-state index in [2.05, 4.69) is 41.3 Å². The van der Waals surface area contributed by atoms with Crippen LogP contribution in [0.5, 0.6) is 11.5 Å². The lowest BCUT2D eigenvalue weighted by Gasteiger charge is -2.41. The number of alkyl halides is 1. The highest BCUT2D eigenvalue weighted by Crippen LogP contribution is 2.38. The molecule has 148 valence electrons. The lowest BCUT2D eigenvalue weighted by atomic mass is 9.88.